The zero-order chi connectivity index (χ0) is 19.7. The number of anilines is 1. The molecule has 1 aromatic heterocycles. The first-order valence-corrected chi connectivity index (χ1v) is 10.7. The number of benzene rings is 1. The Balaban J connectivity index is 1.46. The Bertz CT molecular complexity index is 837. The molecule has 2 fully saturated rings. The lowest BCUT2D eigenvalue weighted by molar-refractivity contribution is -0.118. The van der Waals surface area contributed by atoms with Gasteiger partial charge >= 0.3 is 0 Å². The molecule has 1 amide bonds. The number of amides is 1. The summed E-state index contributed by atoms with van der Waals surface area (Å²) in [6.45, 7) is 7.61. The number of aromatic nitrogens is 2. The molecule has 2 aliphatic rings. The zero-order valence-electron chi connectivity index (χ0n) is 17.4. The standard InChI is InChI=1S/C23H32N4O/c1-16-10-12-20(13-11-16)27-18(3)23(17(2)25-27)24-22(28)15-26-14-6-8-19-7-4-5-9-21(19)26/h10-13,19,21H,4-9,14-15H2,1-3H3,(H,24,28). The molecule has 2 unspecified atom stereocenters. The van der Waals surface area contributed by atoms with E-state index in [2.05, 4.69) is 46.5 Å². The Morgan fingerprint density at radius 2 is 1.79 bits per heavy atom. The Morgan fingerprint density at radius 1 is 1.07 bits per heavy atom. The van der Waals surface area contributed by atoms with Gasteiger partial charge in [0, 0.05) is 6.04 Å². The number of carbonyl (C=O) groups excluding carboxylic acids is 1. The van der Waals surface area contributed by atoms with Gasteiger partial charge in [-0.2, -0.15) is 5.10 Å². The van der Waals surface area contributed by atoms with Crippen molar-refractivity contribution in [3.63, 3.8) is 0 Å². The smallest absolute Gasteiger partial charge is 0.238 e. The minimum atomic E-state index is 0.0841. The fourth-order valence-corrected chi connectivity index (χ4v) is 5.05. The molecule has 0 bridgehead atoms. The SMILES string of the molecule is Cc1ccc(-n2nc(C)c(NC(=O)CN3CCCC4CCCCC43)c2C)cc1. The first-order valence-electron chi connectivity index (χ1n) is 10.7. The van der Waals surface area contributed by atoms with Crippen LogP contribution in [0.25, 0.3) is 5.69 Å². The summed E-state index contributed by atoms with van der Waals surface area (Å²) in [5.74, 6) is 0.879. The molecule has 1 saturated carbocycles. The van der Waals surface area contributed by atoms with Crippen LogP contribution in [0.4, 0.5) is 5.69 Å². The van der Waals surface area contributed by atoms with Crippen molar-refractivity contribution in [2.24, 2.45) is 5.92 Å². The largest absolute Gasteiger partial charge is 0.322 e. The van der Waals surface area contributed by atoms with Crippen molar-refractivity contribution in [2.75, 3.05) is 18.4 Å². The second kappa shape index (κ2) is 8.08. The van der Waals surface area contributed by atoms with Gasteiger partial charge in [-0.15, -0.1) is 0 Å². The van der Waals surface area contributed by atoms with Crippen LogP contribution in [0.1, 0.15) is 55.5 Å². The van der Waals surface area contributed by atoms with E-state index in [1.165, 1.54) is 44.1 Å². The van der Waals surface area contributed by atoms with Crippen LogP contribution in [0, 0.1) is 26.7 Å². The number of hydrogen-bond acceptors (Lipinski definition) is 3. The Kier molecular flexibility index (Phi) is 5.54. The molecule has 5 heteroatoms. The third-order valence-electron chi connectivity index (χ3n) is 6.54. The van der Waals surface area contributed by atoms with Crippen molar-refractivity contribution >= 4 is 11.6 Å². The highest BCUT2D eigenvalue weighted by molar-refractivity contribution is 5.93. The van der Waals surface area contributed by atoms with E-state index in [0.29, 0.717) is 12.6 Å². The molecule has 1 saturated heterocycles. The summed E-state index contributed by atoms with van der Waals surface area (Å²) in [6.07, 6.45) is 7.81. The molecule has 150 valence electrons. The second-order valence-electron chi connectivity index (χ2n) is 8.57. The second-order valence-corrected chi connectivity index (χ2v) is 8.57. The molecule has 5 nitrogen and oxygen atoms in total. The number of carbonyl (C=O) groups is 1. The van der Waals surface area contributed by atoms with E-state index in [1.54, 1.807) is 0 Å². The summed E-state index contributed by atoms with van der Waals surface area (Å²) >= 11 is 0. The molecule has 0 spiro atoms. The summed E-state index contributed by atoms with van der Waals surface area (Å²) in [5, 5.41) is 7.82. The maximum Gasteiger partial charge on any atom is 0.238 e. The number of hydrogen-bond donors (Lipinski definition) is 1. The number of piperidine rings is 1. The van der Waals surface area contributed by atoms with Crippen LogP contribution in [0.5, 0.6) is 0 Å². The van der Waals surface area contributed by atoms with Gasteiger partial charge in [-0.25, -0.2) is 4.68 Å². The van der Waals surface area contributed by atoms with E-state index in [0.717, 1.165) is 35.2 Å². The lowest BCUT2D eigenvalue weighted by atomic mass is 9.78. The number of nitrogens with zero attached hydrogens (tertiary/aromatic N) is 3. The lowest BCUT2D eigenvalue weighted by Gasteiger charge is -2.43. The van der Waals surface area contributed by atoms with Gasteiger partial charge in [-0.3, -0.25) is 9.69 Å². The highest BCUT2D eigenvalue weighted by atomic mass is 16.2. The third-order valence-corrected chi connectivity index (χ3v) is 6.54. The molecule has 0 radical (unpaired) electrons. The van der Waals surface area contributed by atoms with Gasteiger partial charge in [-0.1, -0.05) is 30.5 Å². The number of nitrogens with one attached hydrogen (secondary N) is 1. The maximum absolute atomic E-state index is 12.9. The molecule has 1 N–H and O–H groups in total. The first-order chi connectivity index (χ1) is 13.5. The van der Waals surface area contributed by atoms with E-state index in [-0.39, 0.29) is 5.91 Å². The fraction of sp³-hybridized carbons (Fsp3) is 0.565. The summed E-state index contributed by atoms with van der Waals surface area (Å²) in [6, 6.07) is 8.90. The quantitative estimate of drug-likeness (QED) is 0.856. The highest BCUT2D eigenvalue weighted by Gasteiger charge is 2.34. The molecule has 1 aromatic carbocycles. The molecule has 28 heavy (non-hydrogen) atoms. The number of aryl methyl sites for hydroxylation is 2. The molecule has 2 heterocycles. The van der Waals surface area contributed by atoms with Crippen LogP contribution in [0.3, 0.4) is 0 Å². The van der Waals surface area contributed by atoms with Crippen molar-refractivity contribution < 1.29 is 4.79 Å². The molecular formula is C23H32N4O. The van der Waals surface area contributed by atoms with Gasteiger partial charge in [-0.05, 0) is 71.0 Å². The van der Waals surface area contributed by atoms with Gasteiger partial charge in [0.05, 0.1) is 29.3 Å². The van der Waals surface area contributed by atoms with Crippen LogP contribution in [-0.4, -0.2) is 39.7 Å². The molecule has 4 rings (SSSR count). The maximum atomic E-state index is 12.9. The van der Waals surface area contributed by atoms with Crippen molar-refractivity contribution in [2.45, 2.75) is 65.3 Å². The summed E-state index contributed by atoms with van der Waals surface area (Å²) < 4.78 is 1.92. The molecule has 1 aliphatic heterocycles. The molecular weight excluding hydrogens is 348 g/mol. The van der Waals surface area contributed by atoms with Crippen molar-refractivity contribution in [3.05, 3.63) is 41.2 Å². The predicted molar refractivity (Wildman–Crippen MR) is 113 cm³/mol. The van der Waals surface area contributed by atoms with E-state index in [4.69, 9.17) is 0 Å². The van der Waals surface area contributed by atoms with Gasteiger partial charge in [0.2, 0.25) is 5.91 Å². The van der Waals surface area contributed by atoms with Crippen LogP contribution in [-0.2, 0) is 4.79 Å². The molecule has 2 aromatic rings. The average molecular weight is 381 g/mol. The predicted octanol–water partition coefficient (Wildman–Crippen LogP) is 4.39. The van der Waals surface area contributed by atoms with Crippen LogP contribution >= 0.6 is 0 Å². The number of fused-ring (bicyclic) bond motifs is 1. The Hall–Kier alpha value is -2.14. The molecule has 2 atom stereocenters. The van der Waals surface area contributed by atoms with Crippen LogP contribution < -0.4 is 5.32 Å². The van der Waals surface area contributed by atoms with Crippen molar-refractivity contribution in [1.29, 1.82) is 0 Å². The number of likely N-dealkylation sites (tertiary alicyclic amines) is 1. The van der Waals surface area contributed by atoms with Gasteiger partial charge in [0.25, 0.3) is 0 Å². The van der Waals surface area contributed by atoms with E-state index in [9.17, 15) is 4.79 Å². The van der Waals surface area contributed by atoms with E-state index < -0.39 is 0 Å². The monoisotopic (exact) mass is 380 g/mol. The topological polar surface area (TPSA) is 50.2 Å². The van der Waals surface area contributed by atoms with E-state index in [1.807, 2.05) is 18.5 Å². The average Bonchev–Trinajstić information content (AvgIpc) is 2.97. The zero-order valence-corrected chi connectivity index (χ0v) is 17.4. The van der Waals surface area contributed by atoms with Gasteiger partial charge in [0.1, 0.15) is 0 Å². The van der Waals surface area contributed by atoms with Crippen molar-refractivity contribution in [3.8, 4) is 5.69 Å². The Morgan fingerprint density at radius 3 is 2.57 bits per heavy atom. The van der Waals surface area contributed by atoms with Crippen molar-refractivity contribution in [1.82, 2.24) is 14.7 Å². The first kappa shape index (κ1) is 19.2. The minimum absolute atomic E-state index is 0.0841. The Labute approximate surface area is 168 Å². The third kappa shape index (κ3) is 3.86. The number of rotatable bonds is 4. The molecule has 1 aliphatic carbocycles. The fourth-order valence-electron chi connectivity index (χ4n) is 5.05. The summed E-state index contributed by atoms with van der Waals surface area (Å²) in [7, 11) is 0. The highest BCUT2D eigenvalue weighted by Crippen LogP contribution is 2.35. The van der Waals surface area contributed by atoms with Crippen LogP contribution in [0.15, 0.2) is 24.3 Å². The van der Waals surface area contributed by atoms with E-state index >= 15 is 0 Å². The summed E-state index contributed by atoms with van der Waals surface area (Å²) in [4.78, 5) is 15.3. The normalized spacial score (nSPS) is 22.7. The summed E-state index contributed by atoms with van der Waals surface area (Å²) in [5.41, 5.74) is 4.93. The minimum Gasteiger partial charge on any atom is -0.322 e. The van der Waals surface area contributed by atoms with Gasteiger partial charge in [0.15, 0.2) is 0 Å². The van der Waals surface area contributed by atoms with Gasteiger partial charge < -0.3 is 5.32 Å². The van der Waals surface area contributed by atoms with Crippen LogP contribution in [0.2, 0.25) is 0 Å². The lowest BCUT2D eigenvalue weighted by Crippen LogP contribution is -2.49.